The Balaban J connectivity index is 2.90. The Labute approximate surface area is 74.6 Å². The van der Waals surface area contributed by atoms with Crippen molar-refractivity contribution in [2.75, 3.05) is 0 Å². The predicted molar refractivity (Wildman–Crippen MR) is 48.7 cm³/mol. The molecule has 0 radical (unpaired) electrons. The summed E-state index contributed by atoms with van der Waals surface area (Å²) in [4.78, 5) is 14.2. The second kappa shape index (κ2) is 2.73. The highest BCUT2D eigenvalue weighted by molar-refractivity contribution is 5.78. The number of fused-ring (bicyclic) bond motifs is 1. The molecule has 0 fully saturated rings. The van der Waals surface area contributed by atoms with Gasteiger partial charge in [-0.05, 0) is 13.3 Å². The van der Waals surface area contributed by atoms with E-state index in [1.165, 1.54) is 0 Å². The maximum atomic E-state index is 11.5. The summed E-state index contributed by atoms with van der Waals surface area (Å²) < 4.78 is 5.03. The summed E-state index contributed by atoms with van der Waals surface area (Å²) in [7, 11) is 0. The zero-order valence-electron chi connectivity index (χ0n) is 7.55. The van der Waals surface area contributed by atoms with Crippen LogP contribution in [0, 0.1) is 6.92 Å². The Morgan fingerprint density at radius 1 is 1.62 bits per heavy atom. The highest BCUT2D eigenvalue weighted by atomic mass is 16.5. The third-order valence-corrected chi connectivity index (χ3v) is 2.01. The Hall–Kier alpha value is -1.58. The van der Waals surface area contributed by atoms with Crippen LogP contribution in [0.5, 0.6) is 0 Å². The lowest BCUT2D eigenvalue weighted by Crippen LogP contribution is -2.07. The number of aryl methyl sites for hydroxylation is 2. The minimum atomic E-state index is -0.117. The number of hydrogen-bond donors (Lipinski definition) is 1. The minimum absolute atomic E-state index is 0.117. The van der Waals surface area contributed by atoms with Crippen molar-refractivity contribution in [3.05, 3.63) is 27.8 Å². The maximum absolute atomic E-state index is 11.5. The maximum Gasteiger partial charge on any atom is 0.261 e. The van der Waals surface area contributed by atoms with E-state index in [-0.39, 0.29) is 5.56 Å². The van der Waals surface area contributed by atoms with E-state index in [1.807, 2.05) is 13.8 Å². The summed E-state index contributed by atoms with van der Waals surface area (Å²) in [5, 5.41) is 4.40. The average Bonchev–Trinajstić information content (AvgIpc) is 2.47. The van der Waals surface area contributed by atoms with E-state index in [0.29, 0.717) is 17.4 Å². The molecule has 0 aliphatic rings. The van der Waals surface area contributed by atoms with Gasteiger partial charge in [0.25, 0.3) is 5.56 Å². The van der Waals surface area contributed by atoms with E-state index in [1.54, 1.807) is 6.07 Å². The number of hydrogen-bond acceptors (Lipinski definition) is 3. The number of aromatic amines is 1. The summed E-state index contributed by atoms with van der Waals surface area (Å²) in [6.45, 7) is 3.76. The highest BCUT2D eigenvalue weighted by Crippen LogP contribution is 2.14. The quantitative estimate of drug-likeness (QED) is 0.717. The van der Waals surface area contributed by atoms with Crippen molar-refractivity contribution in [3.8, 4) is 0 Å². The molecule has 2 aromatic rings. The molecule has 0 saturated heterocycles. The fraction of sp³-hybridized carbons (Fsp3) is 0.333. The molecule has 4 heteroatoms. The van der Waals surface area contributed by atoms with Gasteiger partial charge in [0.1, 0.15) is 5.39 Å². The third kappa shape index (κ3) is 1.14. The first kappa shape index (κ1) is 8.04. The number of pyridine rings is 1. The summed E-state index contributed by atoms with van der Waals surface area (Å²) in [6.07, 6.45) is 0.707. The monoisotopic (exact) mass is 178 g/mol. The molecule has 2 heterocycles. The van der Waals surface area contributed by atoms with Crippen LogP contribution in [-0.4, -0.2) is 10.1 Å². The molecular formula is C9H10N2O2. The lowest BCUT2D eigenvalue weighted by atomic mass is 10.2. The predicted octanol–water partition coefficient (Wildman–Crippen LogP) is 1.39. The summed E-state index contributed by atoms with van der Waals surface area (Å²) in [6, 6.07) is 1.78. The zero-order chi connectivity index (χ0) is 9.42. The fourth-order valence-electron chi connectivity index (χ4n) is 1.39. The first-order valence-corrected chi connectivity index (χ1v) is 4.20. The number of aromatic nitrogens is 2. The van der Waals surface area contributed by atoms with Crippen LogP contribution in [0.25, 0.3) is 11.0 Å². The van der Waals surface area contributed by atoms with Crippen LogP contribution in [0.2, 0.25) is 0 Å². The molecule has 0 spiro atoms. The standard InChI is InChI=1S/C9H10N2O2/c1-3-6-8-7(13-11-6)4-5(2)10-9(8)12/h4H,3H2,1-2H3,(H,10,12). The van der Waals surface area contributed by atoms with E-state index in [2.05, 4.69) is 10.1 Å². The highest BCUT2D eigenvalue weighted by Gasteiger charge is 2.10. The summed E-state index contributed by atoms with van der Waals surface area (Å²) in [5.41, 5.74) is 1.96. The minimum Gasteiger partial charge on any atom is -0.356 e. The molecule has 0 aliphatic carbocycles. The van der Waals surface area contributed by atoms with Gasteiger partial charge in [0.2, 0.25) is 0 Å². The van der Waals surface area contributed by atoms with E-state index in [0.717, 1.165) is 11.4 Å². The van der Waals surface area contributed by atoms with E-state index in [4.69, 9.17) is 4.52 Å². The van der Waals surface area contributed by atoms with Crippen molar-refractivity contribution >= 4 is 11.0 Å². The second-order valence-corrected chi connectivity index (χ2v) is 3.00. The van der Waals surface area contributed by atoms with Gasteiger partial charge >= 0.3 is 0 Å². The van der Waals surface area contributed by atoms with Gasteiger partial charge in [-0.1, -0.05) is 12.1 Å². The normalized spacial score (nSPS) is 10.9. The molecule has 2 rings (SSSR count). The SMILES string of the molecule is CCc1noc2cc(C)[nH]c(=O)c12. The van der Waals surface area contributed by atoms with Crippen LogP contribution in [-0.2, 0) is 6.42 Å². The zero-order valence-corrected chi connectivity index (χ0v) is 7.55. The van der Waals surface area contributed by atoms with E-state index in [9.17, 15) is 4.79 Å². The number of H-pyrrole nitrogens is 1. The Bertz CT molecular complexity index is 496. The van der Waals surface area contributed by atoms with Gasteiger partial charge in [0.05, 0.1) is 5.69 Å². The number of nitrogens with one attached hydrogen (secondary N) is 1. The molecule has 0 unspecified atom stereocenters. The van der Waals surface area contributed by atoms with Crippen LogP contribution in [0.15, 0.2) is 15.4 Å². The largest absolute Gasteiger partial charge is 0.356 e. The summed E-state index contributed by atoms with van der Waals surface area (Å²) >= 11 is 0. The first-order chi connectivity index (χ1) is 6.22. The number of rotatable bonds is 1. The molecule has 0 atom stereocenters. The van der Waals surface area contributed by atoms with Crippen molar-refractivity contribution in [1.82, 2.24) is 10.1 Å². The Morgan fingerprint density at radius 2 is 2.38 bits per heavy atom. The molecule has 2 aromatic heterocycles. The lowest BCUT2D eigenvalue weighted by Gasteiger charge is -1.91. The molecule has 13 heavy (non-hydrogen) atoms. The Morgan fingerprint density at radius 3 is 3.08 bits per heavy atom. The van der Waals surface area contributed by atoms with Crippen molar-refractivity contribution in [1.29, 1.82) is 0 Å². The van der Waals surface area contributed by atoms with Gasteiger partial charge in [-0.15, -0.1) is 0 Å². The van der Waals surface area contributed by atoms with Gasteiger partial charge in [-0.3, -0.25) is 4.79 Å². The van der Waals surface area contributed by atoms with Crippen molar-refractivity contribution in [3.63, 3.8) is 0 Å². The van der Waals surface area contributed by atoms with Crippen molar-refractivity contribution in [2.24, 2.45) is 0 Å². The van der Waals surface area contributed by atoms with Crippen molar-refractivity contribution < 1.29 is 4.52 Å². The fourth-order valence-corrected chi connectivity index (χ4v) is 1.39. The second-order valence-electron chi connectivity index (χ2n) is 3.00. The average molecular weight is 178 g/mol. The van der Waals surface area contributed by atoms with Gasteiger partial charge in [0.15, 0.2) is 5.58 Å². The van der Waals surface area contributed by atoms with Crippen molar-refractivity contribution in [2.45, 2.75) is 20.3 Å². The molecular weight excluding hydrogens is 168 g/mol. The molecule has 1 N–H and O–H groups in total. The molecule has 4 nitrogen and oxygen atoms in total. The van der Waals surface area contributed by atoms with Crippen LogP contribution >= 0.6 is 0 Å². The van der Waals surface area contributed by atoms with Gasteiger partial charge in [0, 0.05) is 11.8 Å². The van der Waals surface area contributed by atoms with Gasteiger partial charge in [-0.25, -0.2) is 0 Å². The van der Waals surface area contributed by atoms with Crippen LogP contribution in [0.4, 0.5) is 0 Å². The molecule has 0 bridgehead atoms. The van der Waals surface area contributed by atoms with Gasteiger partial charge in [-0.2, -0.15) is 0 Å². The van der Waals surface area contributed by atoms with E-state index >= 15 is 0 Å². The smallest absolute Gasteiger partial charge is 0.261 e. The molecule has 0 aromatic carbocycles. The first-order valence-electron chi connectivity index (χ1n) is 4.20. The van der Waals surface area contributed by atoms with Gasteiger partial charge < -0.3 is 9.51 Å². The molecule has 0 aliphatic heterocycles. The summed E-state index contributed by atoms with van der Waals surface area (Å²) in [5.74, 6) is 0. The third-order valence-electron chi connectivity index (χ3n) is 2.01. The molecule has 0 saturated carbocycles. The molecule has 0 amide bonds. The lowest BCUT2D eigenvalue weighted by molar-refractivity contribution is 0.447. The Kier molecular flexibility index (Phi) is 1.69. The topological polar surface area (TPSA) is 58.9 Å². The van der Waals surface area contributed by atoms with Crippen LogP contribution < -0.4 is 5.56 Å². The van der Waals surface area contributed by atoms with Crippen LogP contribution in [0.1, 0.15) is 18.3 Å². The van der Waals surface area contributed by atoms with Crippen LogP contribution in [0.3, 0.4) is 0 Å². The van der Waals surface area contributed by atoms with E-state index < -0.39 is 0 Å². The number of nitrogens with zero attached hydrogens (tertiary/aromatic N) is 1. The molecule has 68 valence electrons.